The molecule has 1 saturated heterocycles. The van der Waals surface area contributed by atoms with Gasteiger partial charge in [0.15, 0.2) is 0 Å². The third kappa shape index (κ3) is 3.71. The van der Waals surface area contributed by atoms with Crippen LogP contribution in [0.5, 0.6) is 0 Å². The standard InChI is InChI=1S/C14H20FNS/c1-11(2)12-6-8-16(9-7-12)17-14-5-3-4-13(15)10-14/h3-5,10-12H,6-9H2,1-2H3. The molecule has 94 valence electrons. The van der Waals surface area contributed by atoms with E-state index in [9.17, 15) is 4.39 Å². The third-order valence-corrected chi connectivity index (χ3v) is 4.56. The number of benzene rings is 1. The second-order valence-corrected chi connectivity index (χ2v) is 6.23. The lowest BCUT2D eigenvalue weighted by Crippen LogP contribution is -2.30. The van der Waals surface area contributed by atoms with Gasteiger partial charge in [0.2, 0.25) is 0 Å². The van der Waals surface area contributed by atoms with Gasteiger partial charge in [-0.25, -0.2) is 8.70 Å². The molecular formula is C14H20FNS. The van der Waals surface area contributed by atoms with Gasteiger partial charge in [0.1, 0.15) is 5.82 Å². The molecule has 0 bridgehead atoms. The summed E-state index contributed by atoms with van der Waals surface area (Å²) >= 11 is 1.69. The fourth-order valence-electron chi connectivity index (χ4n) is 2.31. The van der Waals surface area contributed by atoms with E-state index in [1.54, 1.807) is 24.1 Å². The molecule has 3 heteroatoms. The van der Waals surface area contributed by atoms with Crippen LogP contribution in [0.4, 0.5) is 4.39 Å². The molecule has 1 heterocycles. The van der Waals surface area contributed by atoms with Gasteiger partial charge in [0.25, 0.3) is 0 Å². The van der Waals surface area contributed by atoms with Crippen molar-refractivity contribution in [3.05, 3.63) is 30.1 Å². The average molecular weight is 253 g/mol. The molecule has 1 fully saturated rings. The largest absolute Gasteiger partial charge is 0.246 e. The quantitative estimate of drug-likeness (QED) is 0.743. The van der Waals surface area contributed by atoms with E-state index >= 15 is 0 Å². The Hall–Kier alpha value is -0.540. The zero-order valence-electron chi connectivity index (χ0n) is 10.5. The van der Waals surface area contributed by atoms with Crippen LogP contribution < -0.4 is 0 Å². The summed E-state index contributed by atoms with van der Waals surface area (Å²) in [6.45, 7) is 6.84. The highest BCUT2D eigenvalue weighted by Crippen LogP contribution is 2.31. The highest BCUT2D eigenvalue weighted by molar-refractivity contribution is 7.97. The summed E-state index contributed by atoms with van der Waals surface area (Å²) in [5.74, 6) is 1.50. The maximum atomic E-state index is 13.1. The van der Waals surface area contributed by atoms with Crippen LogP contribution in [0.15, 0.2) is 29.2 Å². The van der Waals surface area contributed by atoms with E-state index in [4.69, 9.17) is 0 Å². The second kappa shape index (κ2) is 5.87. The van der Waals surface area contributed by atoms with E-state index < -0.39 is 0 Å². The molecule has 1 aromatic carbocycles. The normalized spacial score (nSPS) is 18.8. The first kappa shape index (κ1) is 12.9. The minimum atomic E-state index is -0.146. The van der Waals surface area contributed by atoms with Gasteiger partial charge >= 0.3 is 0 Å². The molecule has 17 heavy (non-hydrogen) atoms. The monoisotopic (exact) mass is 253 g/mol. The fourth-order valence-corrected chi connectivity index (χ4v) is 3.30. The molecule has 0 N–H and O–H groups in total. The van der Waals surface area contributed by atoms with Crippen molar-refractivity contribution in [2.75, 3.05) is 13.1 Å². The molecule has 0 amide bonds. The van der Waals surface area contributed by atoms with Crippen LogP contribution >= 0.6 is 11.9 Å². The lowest BCUT2D eigenvalue weighted by molar-refractivity contribution is 0.237. The summed E-state index contributed by atoms with van der Waals surface area (Å²) in [5.41, 5.74) is 0. The molecule has 1 aliphatic heterocycles. The van der Waals surface area contributed by atoms with Gasteiger partial charge in [0, 0.05) is 18.0 Å². The van der Waals surface area contributed by atoms with E-state index in [2.05, 4.69) is 18.2 Å². The number of rotatable bonds is 3. The van der Waals surface area contributed by atoms with Crippen LogP contribution in [0, 0.1) is 17.7 Å². The maximum absolute atomic E-state index is 13.1. The van der Waals surface area contributed by atoms with E-state index in [0.717, 1.165) is 29.8 Å². The number of hydrogen-bond acceptors (Lipinski definition) is 2. The van der Waals surface area contributed by atoms with E-state index in [-0.39, 0.29) is 5.82 Å². The van der Waals surface area contributed by atoms with Crippen molar-refractivity contribution in [2.45, 2.75) is 31.6 Å². The minimum absolute atomic E-state index is 0.146. The Morgan fingerprint density at radius 2 is 2.00 bits per heavy atom. The van der Waals surface area contributed by atoms with E-state index in [1.165, 1.54) is 18.9 Å². The molecule has 0 aliphatic carbocycles. The van der Waals surface area contributed by atoms with Crippen molar-refractivity contribution in [3.63, 3.8) is 0 Å². The zero-order chi connectivity index (χ0) is 12.3. The average Bonchev–Trinajstić information content (AvgIpc) is 2.29. The van der Waals surface area contributed by atoms with Gasteiger partial charge in [0.05, 0.1) is 0 Å². The van der Waals surface area contributed by atoms with Crippen molar-refractivity contribution in [2.24, 2.45) is 11.8 Å². The first-order valence-corrected chi connectivity index (χ1v) is 7.11. The number of piperidine rings is 1. The first-order valence-electron chi connectivity index (χ1n) is 6.33. The lowest BCUT2D eigenvalue weighted by atomic mass is 9.87. The van der Waals surface area contributed by atoms with Gasteiger partial charge in [-0.15, -0.1) is 0 Å². The van der Waals surface area contributed by atoms with Gasteiger partial charge in [-0.05, 0) is 54.8 Å². The lowest BCUT2D eigenvalue weighted by Gasteiger charge is -2.32. The summed E-state index contributed by atoms with van der Waals surface area (Å²) in [5, 5.41) is 0. The van der Waals surface area contributed by atoms with Crippen molar-refractivity contribution in [3.8, 4) is 0 Å². The van der Waals surface area contributed by atoms with Crippen molar-refractivity contribution in [1.29, 1.82) is 0 Å². The molecule has 1 aliphatic rings. The van der Waals surface area contributed by atoms with Crippen LogP contribution in [0.25, 0.3) is 0 Å². The van der Waals surface area contributed by atoms with Gasteiger partial charge in [-0.3, -0.25) is 0 Å². The molecule has 0 spiro atoms. The summed E-state index contributed by atoms with van der Waals surface area (Å²) < 4.78 is 15.4. The molecular weight excluding hydrogens is 233 g/mol. The summed E-state index contributed by atoms with van der Waals surface area (Å²) in [6.07, 6.45) is 2.53. The highest BCUT2D eigenvalue weighted by Gasteiger charge is 2.21. The first-order chi connectivity index (χ1) is 8.15. The Bertz CT molecular complexity index is 359. The van der Waals surface area contributed by atoms with Crippen molar-refractivity contribution >= 4 is 11.9 Å². The Kier molecular flexibility index (Phi) is 4.46. The van der Waals surface area contributed by atoms with Crippen molar-refractivity contribution < 1.29 is 4.39 Å². The van der Waals surface area contributed by atoms with E-state index in [1.807, 2.05) is 6.07 Å². The molecule has 0 unspecified atom stereocenters. The second-order valence-electron chi connectivity index (χ2n) is 5.06. The Labute approximate surface area is 108 Å². The van der Waals surface area contributed by atoms with Gasteiger partial charge in [-0.2, -0.15) is 0 Å². The minimum Gasteiger partial charge on any atom is -0.246 e. The maximum Gasteiger partial charge on any atom is 0.124 e. The smallest absolute Gasteiger partial charge is 0.124 e. The topological polar surface area (TPSA) is 3.24 Å². The molecule has 0 saturated carbocycles. The summed E-state index contributed by atoms with van der Waals surface area (Å²) in [6, 6.07) is 6.86. The van der Waals surface area contributed by atoms with Gasteiger partial charge < -0.3 is 0 Å². The molecule has 0 radical (unpaired) electrons. The predicted octanol–water partition coefficient (Wildman–Crippen LogP) is 4.20. The Balaban J connectivity index is 1.86. The van der Waals surface area contributed by atoms with E-state index in [0.29, 0.717) is 0 Å². The van der Waals surface area contributed by atoms with Crippen LogP contribution in [0.1, 0.15) is 26.7 Å². The van der Waals surface area contributed by atoms with Crippen LogP contribution in [0.3, 0.4) is 0 Å². The number of hydrogen-bond donors (Lipinski definition) is 0. The molecule has 1 aromatic rings. The molecule has 1 nitrogen and oxygen atoms in total. The predicted molar refractivity (Wildman–Crippen MR) is 71.4 cm³/mol. The molecule has 0 atom stereocenters. The van der Waals surface area contributed by atoms with Crippen LogP contribution in [-0.4, -0.2) is 17.4 Å². The zero-order valence-corrected chi connectivity index (χ0v) is 11.3. The summed E-state index contributed by atoms with van der Waals surface area (Å²) in [7, 11) is 0. The Morgan fingerprint density at radius 3 is 2.59 bits per heavy atom. The van der Waals surface area contributed by atoms with Crippen LogP contribution in [-0.2, 0) is 0 Å². The molecule has 0 aromatic heterocycles. The van der Waals surface area contributed by atoms with Crippen LogP contribution in [0.2, 0.25) is 0 Å². The SMILES string of the molecule is CC(C)C1CCN(Sc2cccc(F)c2)CC1. The highest BCUT2D eigenvalue weighted by atomic mass is 32.2. The Morgan fingerprint density at radius 1 is 1.29 bits per heavy atom. The third-order valence-electron chi connectivity index (χ3n) is 3.47. The molecule has 2 rings (SSSR count). The summed E-state index contributed by atoms with van der Waals surface area (Å²) in [4.78, 5) is 1.01. The van der Waals surface area contributed by atoms with Crippen molar-refractivity contribution in [1.82, 2.24) is 4.31 Å². The van der Waals surface area contributed by atoms with Gasteiger partial charge in [-0.1, -0.05) is 19.9 Å². The number of halogens is 1. The fraction of sp³-hybridized carbons (Fsp3) is 0.571. The number of nitrogens with zero attached hydrogens (tertiary/aromatic N) is 1.